The molecule has 2 aromatic rings. The molecule has 0 spiro atoms. The number of anilines is 1. The molecule has 126 valence electrons. The van der Waals surface area contributed by atoms with Crippen molar-refractivity contribution in [2.45, 2.75) is 12.0 Å². The van der Waals surface area contributed by atoms with Crippen LogP contribution in [0.15, 0.2) is 48.5 Å². The standard InChI is InChI=1S/C17H16ClNO4S/c1-22-16(21)12-7-8-13(18)14(9-12)19-15(20)17(24)23-10-11-5-3-2-4-6-11/h2-9,17,24H,10H2,1H3,(H,19,20). The van der Waals surface area contributed by atoms with Crippen molar-refractivity contribution in [1.29, 1.82) is 0 Å². The van der Waals surface area contributed by atoms with Crippen LogP contribution in [0.1, 0.15) is 15.9 Å². The predicted octanol–water partition coefficient (Wildman–Crippen LogP) is 3.54. The molecule has 2 aromatic carbocycles. The predicted molar refractivity (Wildman–Crippen MR) is 95.4 cm³/mol. The molecule has 1 unspecified atom stereocenters. The van der Waals surface area contributed by atoms with E-state index >= 15 is 0 Å². The molecule has 0 saturated carbocycles. The number of methoxy groups -OCH3 is 1. The molecule has 0 aromatic heterocycles. The van der Waals surface area contributed by atoms with Crippen molar-refractivity contribution in [2.24, 2.45) is 0 Å². The summed E-state index contributed by atoms with van der Waals surface area (Å²) in [5.74, 6) is -1.01. The van der Waals surface area contributed by atoms with Gasteiger partial charge in [-0.3, -0.25) is 4.79 Å². The molecule has 0 aliphatic rings. The van der Waals surface area contributed by atoms with Gasteiger partial charge in [-0.1, -0.05) is 41.9 Å². The number of rotatable bonds is 6. The molecule has 0 saturated heterocycles. The second kappa shape index (κ2) is 8.73. The van der Waals surface area contributed by atoms with Crippen molar-refractivity contribution in [2.75, 3.05) is 12.4 Å². The van der Waals surface area contributed by atoms with Crippen LogP contribution in [0.3, 0.4) is 0 Å². The first-order valence-corrected chi connectivity index (χ1v) is 7.93. The molecule has 1 N–H and O–H groups in total. The van der Waals surface area contributed by atoms with Gasteiger partial charge in [-0.25, -0.2) is 4.79 Å². The minimum Gasteiger partial charge on any atom is -0.465 e. The van der Waals surface area contributed by atoms with Crippen molar-refractivity contribution in [3.05, 3.63) is 64.7 Å². The summed E-state index contributed by atoms with van der Waals surface area (Å²) in [5.41, 5.74) is 0.503. The minimum atomic E-state index is -0.983. The van der Waals surface area contributed by atoms with E-state index < -0.39 is 17.3 Å². The van der Waals surface area contributed by atoms with Gasteiger partial charge in [-0.05, 0) is 23.8 Å². The first-order valence-electron chi connectivity index (χ1n) is 7.03. The summed E-state index contributed by atoms with van der Waals surface area (Å²) >= 11 is 10.2. The molecule has 24 heavy (non-hydrogen) atoms. The zero-order chi connectivity index (χ0) is 17.5. The molecular weight excluding hydrogens is 350 g/mol. The third-order valence-corrected chi connectivity index (χ3v) is 3.83. The number of hydrogen-bond acceptors (Lipinski definition) is 5. The smallest absolute Gasteiger partial charge is 0.337 e. The zero-order valence-electron chi connectivity index (χ0n) is 12.9. The second-order valence-corrected chi connectivity index (χ2v) is 5.70. The second-order valence-electron chi connectivity index (χ2n) is 4.82. The van der Waals surface area contributed by atoms with Crippen LogP contribution >= 0.6 is 24.2 Å². The quantitative estimate of drug-likeness (QED) is 0.467. The Kier molecular flexibility index (Phi) is 6.66. The number of hydrogen-bond donors (Lipinski definition) is 2. The first-order chi connectivity index (χ1) is 11.5. The van der Waals surface area contributed by atoms with E-state index in [4.69, 9.17) is 16.3 Å². The van der Waals surface area contributed by atoms with Gasteiger partial charge in [0.25, 0.3) is 5.91 Å². The normalized spacial score (nSPS) is 11.6. The molecule has 0 bridgehead atoms. The molecule has 0 radical (unpaired) electrons. The highest BCUT2D eigenvalue weighted by Crippen LogP contribution is 2.24. The molecule has 0 aliphatic heterocycles. The Morgan fingerprint density at radius 3 is 2.58 bits per heavy atom. The monoisotopic (exact) mass is 365 g/mol. The van der Waals surface area contributed by atoms with E-state index in [2.05, 4.69) is 22.7 Å². The summed E-state index contributed by atoms with van der Waals surface area (Å²) in [6, 6.07) is 13.9. The number of halogens is 1. The highest BCUT2D eigenvalue weighted by molar-refractivity contribution is 7.81. The fraction of sp³-hybridized carbons (Fsp3) is 0.176. The molecule has 1 atom stereocenters. The number of nitrogens with one attached hydrogen (secondary N) is 1. The number of carbonyl (C=O) groups excluding carboxylic acids is 2. The average molecular weight is 366 g/mol. The van der Waals surface area contributed by atoms with Crippen LogP contribution < -0.4 is 5.32 Å². The highest BCUT2D eigenvalue weighted by atomic mass is 35.5. The Bertz CT molecular complexity index is 724. The van der Waals surface area contributed by atoms with Crippen molar-refractivity contribution in [3.8, 4) is 0 Å². The lowest BCUT2D eigenvalue weighted by atomic mass is 10.2. The summed E-state index contributed by atoms with van der Waals surface area (Å²) in [4.78, 5) is 23.7. The van der Waals surface area contributed by atoms with Gasteiger partial charge in [0, 0.05) is 0 Å². The van der Waals surface area contributed by atoms with E-state index in [0.29, 0.717) is 5.02 Å². The van der Waals surface area contributed by atoms with E-state index in [0.717, 1.165) is 5.56 Å². The summed E-state index contributed by atoms with van der Waals surface area (Å²) < 4.78 is 10.1. The molecule has 0 fully saturated rings. The van der Waals surface area contributed by atoms with Crippen LogP contribution in [0.5, 0.6) is 0 Å². The van der Waals surface area contributed by atoms with Crippen molar-refractivity contribution in [1.82, 2.24) is 0 Å². The molecule has 0 heterocycles. The maximum absolute atomic E-state index is 12.1. The van der Waals surface area contributed by atoms with Crippen LogP contribution in [-0.4, -0.2) is 24.4 Å². The van der Waals surface area contributed by atoms with E-state index in [-0.39, 0.29) is 17.9 Å². The fourth-order valence-corrected chi connectivity index (χ4v) is 2.19. The lowest BCUT2D eigenvalue weighted by Crippen LogP contribution is -2.26. The van der Waals surface area contributed by atoms with E-state index in [9.17, 15) is 9.59 Å². The lowest BCUT2D eigenvalue weighted by Gasteiger charge is -2.14. The number of amides is 1. The molecule has 0 aliphatic carbocycles. The SMILES string of the molecule is COC(=O)c1ccc(Cl)c(NC(=O)C(S)OCc2ccccc2)c1. The summed E-state index contributed by atoms with van der Waals surface area (Å²) in [6.45, 7) is 0.248. The minimum absolute atomic E-state index is 0.248. The Labute approximate surface area is 150 Å². The maximum atomic E-state index is 12.1. The average Bonchev–Trinajstić information content (AvgIpc) is 2.61. The number of carbonyl (C=O) groups is 2. The topological polar surface area (TPSA) is 64.6 Å². The lowest BCUT2D eigenvalue weighted by molar-refractivity contribution is -0.122. The van der Waals surface area contributed by atoms with Gasteiger partial charge in [-0.15, -0.1) is 12.6 Å². The Morgan fingerprint density at radius 2 is 1.92 bits per heavy atom. The van der Waals surface area contributed by atoms with Crippen LogP contribution in [0, 0.1) is 0 Å². The Balaban J connectivity index is 1.99. The third-order valence-electron chi connectivity index (χ3n) is 3.12. The zero-order valence-corrected chi connectivity index (χ0v) is 14.5. The Morgan fingerprint density at radius 1 is 1.21 bits per heavy atom. The van der Waals surface area contributed by atoms with E-state index in [1.807, 2.05) is 30.3 Å². The summed E-state index contributed by atoms with van der Waals surface area (Å²) in [6.07, 6.45) is 0. The van der Waals surface area contributed by atoms with Gasteiger partial charge < -0.3 is 14.8 Å². The third kappa shape index (κ3) is 4.99. The number of ether oxygens (including phenoxy) is 2. The van der Waals surface area contributed by atoms with E-state index in [1.165, 1.54) is 25.3 Å². The van der Waals surface area contributed by atoms with Crippen LogP contribution in [0.25, 0.3) is 0 Å². The molecule has 7 heteroatoms. The van der Waals surface area contributed by atoms with Gasteiger partial charge in [0.2, 0.25) is 0 Å². The highest BCUT2D eigenvalue weighted by Gasteiger charge is 2.17. The van der Waals surface area contributed by atoms with Crippen LogP contribution in [0.4, 0.5) is 5.69 Å². The largest absolute Gasteiger partial charge is 0.465 e. The maximum Gasteiger partial charge on any atom is 0.337 e. The van der Waals surface area contributed by atoms with Gasteiger partial charge in [0.1, 0.15) is 0 Å². The number of esters is 1. The fourth-order valence-electron chi connectivity index (χ4n) is 1.89. The van der Waals surface area contributed by atoms with Gasteiger partial charge >= 0.3 is 5.97 Å². The number of benzene rings is 2. The van der Waals surface area contributed by atoms with Crippen LogP contribution in [0.2, 0.25) is 5.02 Å². The molecular formula is C17H16ClNO4S. The van der Waals surface area contributed by atoms with Crippen molar-refractivity contribution < 1.29 is 19.1 Å². The van der Waals surface area contributed by atoms with Crippen LogP contribution in [-0.2, 0) is 20.9 Å². The first kappa shape index (κ1) is 18.3. The van der Waals surface area contributed by atoms with E-state index in [1.54, 1.807) is 0 Å². The van der Waals surface area contributed by atoms with Gasteiger partial charge in [-0.2, -0.15) is 0 Å². The Hall–Kier alpha value is -2.02. The summed E-state index contributed by atoms with van der Waals surface area (Å²) in [7, 11) is 1.27. The van der Waals surface area contributed by atoms with Gasteiger partial charge in [0.05, 0.1) is 30.0 Å². The summed E-state index contributed by atoms with van der Waals surface area (Å²) in [5, 5.41) is 2.88. The van der Waals surface area contributed by atoms with Crippen molar-refractivity contribution in [3.63, 3.8) is 0 Å². The van der Waals surface area contributed by atoms with Crippen molar-refractivity contribution >= 4 is 41.8 Å². The molecule has 1 amide bonds. The molecule has 2 rings (SSSR count). The van der Waals surface area contributed by atoms with Gasteiger partial charge in [0.15, 0.2) is 5.44 Å². The number of thiol groups is 1. The molecule has 5 nitrogen and oxygen atoms in total.